The van der Waals surface area contributed by atoms with Crippen LogP contribution in [0.25, 0.3) is 0 Å². The molecule has 0 aliphatic rings. The van der Waals surface area contributed by atoms with Gasteiger partial charge in [-0.25, -0.2) is 0 Å². The summed E-state index contributed by atoms with van der Waals surface area (Å²) in [6.07, 6.45) is 2.21. The van der Waals surface area contributed by atoms with Gasteiger partial charge in [0.25, 0.3) is 0 Å². The fourth-order valence-corrected chi connectivity index (χ4v) is 0.998. The first-order chi connectivity index (χ1) is 7.11. The van der Waals surface area contributed by atoms with E-state index in [2.05, 4.69) is 4.98 Å². The first-order valence-corrected chi connectivity index (χ1v) is 4.30. The molecule has 1 aromatic heterocycles. The molecule has 0 atom stereocenters. The van der Waals surface area contributed by atoms with Crippen LogP contribution in [-0.2, 0) is 9.59 Å². The van der Waals surface area contributed by atoms with Gasteiger partial charge in [-0.3, -0.25) is 19.4 Å². The van der Waals surface area contributed by atoms with Crippen molar-refractivity contribution in [3.63, 3.8) is 0 Å². The Morgan fingerprint density at radius 1 is 1.13 bits per heavy atom. The number of hydrogen-bond acceptors (Lipinski definition) is 4. The molecular weight excluding hydrogens is 198 g/mol. The monoisotopic (exact) mass is 207 g/mol. The van der Waals surface area contributed by atoms with Crippen molar-refractivity contribution < 1.29 is 19.5 Å². The van der Waals surface area contributed by atoms with Crippen molar-refractivity contribution in [3.05, 3.63) is 30.1 Å². The zero-order valence-corrected chi connectivity index (χ0v) is 7.84. The molecule has 0 bridgehead atoms. The Balaban J connectivity index is 2.62. The molecule has 0 fully saturated rings. The summed E-state index contributed by atoms with van der Waals surface area (Å²) in [5, 5.41) is 8.34. The van der Waals surface area contributed by atoms with E-state index in [-0.39, 0.29) is 18.4 Å². The van der Waals surface area contributed by atoms with Crippen LogP contribution in [0.15, 0.2) is 24.5 Å². The number of rotatable bonds is 5. The topological polar surface area (TPSA) is 84.3 Å². The number of Topliss-reactive ketones (excluding diaryl/α,β-unsaturated/α-hetero) is 2. The number of pyridine rings is 1. The molecule has 5 nitrogen and oxygen atoms in total. The predicted molar refractivity (Wildman–Crippen MR) is 50.4 cm³/mol. The van der Waals surface area contributed by atoms with E-state index < -0.39 is 17.5 Å². The second-order valence-electron chi connectivity index (χ2n) is 2.88. The second-order valence-corrected chi connectivity index (χ2v) is 2.88. The molecule has 78 valence electrons. The molecular formula is C10H9NO4. The van der Waals surface area contributed by atoms with Gasteiger partial charge in [0.1, 0.15) is 0 Å². The van der Waals surface area contributed by atoms with Crippen LogP contribution in [0.1, 0.15) is 23.2 Å². The molecule has 1 heterocycles. The number of nitrogens with zero attached hydrogens (tertiary/aromatic N) is 1. The van der Waals surface area contributed by atoms with Gasteiger partial charge in [0, 0.05) is 24.4 Å². The van der Waals surface area contributed by atoms with Gasteiger partial charge in [-0.05, 0) is 12.1 Å². The SMILES string of the molecule is O=C(O)CCC(=O)C(=O)c1ccncc1. The lowest BCUT2D eigenvalue weighted by Gasteiger charge is -1.97. The molecule has 1 N–H and O–H groups in total. The Bertz CT molecular complexity index is 386. The molecule has 15 heavy (non-hydrogen) atoms. The van der Waals surface area contributed by atoms with Crippen LogP contribution >= 0.6 is 0 Å². The summed E-state index contributed by atoms with van der Waals surface area (Å²) < 4.78 is 0. The quantitative estimate of drug-likeness (QED) is 0.567. The Hall–Kier alpha value is -2.04. The number of ketones is 2. The fraction of sp³-hybridized carbons (Fsp3) is 0.200. The van der Waals surface area contributed by atoms with E-state index in [0.717, 1.165) is 0 Å². The standard InChI is InChI=1S/C10H9NO4/c12-8(1-2-9(13)14)10(15)7-3-5-11-6-4-7/h3-6H,1-2H2,(H,13,14). The van der Waals surface area contributed by atoms with Crippen molar-refractivity contribution in [2.45, 2.75) is 12.8 Å². The van der Waals surface area contributed by atoms with E-state index in [4.69, 9.17) is 5.11 Å². The Kier molecular flexibility index (Phi) is 3.68. The van der Waals surface area contributed by atoms with Crippen LogP contribution in [0.3, 0.4) is 0 Å². The Morgan fingerprint density at radius 2 is 1.73 bits per heavy atom. The van der Waals surface area contributed by atoms with Gasteiger partial charge in [0.05, 0.1) is 6.42 Å². The third-order valence-electron chi connectivity index (χ3n) is 1.76. The number of carbonyl (C=O) groups is 3. The van der Waals surface area contributed by atoms with Crippen molar-refractivity contribution in [1.29, 1.82) is 0 Å². The molecule has 1 rings (SSSR count). The number of aliphatic carboxylic acids is 1. The van der Waals surface area contributed by atoms with Crippen molar-refractivity contribution in [3.8, 4) is 0 Å². The normalized spacial score (nSPS) is 9.60. The molecule has 0 saturated heterocycles. The summed E-state index contributed by atoms with van der Waals surface area (Å²) in [5.41, 5.74) is 0.236. The average Bonchev–Trinajstić information content (AvgIpc) is 2.26. The molecule has 0 radical (unpaired) electrons. The minimum absolute atomic E-state index is 0.236. The maximum Gasteiger partial charge on any atom is 0.303 e. The van der Waals surface area contributed by atoms with E-state index in [1.54, 1.807) is 0 Å². The van der Waals surface area contributed by atoms with Gasteiger partial charge >= 0.3 is 5.97 Å². The summed E-state index contributed by atoms with van der Waals surface area (Å²) in [6.45, 7) is 0. The van der Waals surface area contributed by atoms with Crippen LogP contribution in [0, 0.1) is 0 Å². The summed E-state index contributed by atoms with van der Waals surface area (Å²) in [5.74, 6) is -2.45. The van der Waals surface area contributed by atoms with Gasteiger partial charge in [-0.1, -0.05) is 0 Å². The smallest absolute Gasteiger partial charge is 0.303 e. The summed E-state index contributed by atoms with van der Waals surface area (Å²) >= 11 is 0. The van der Waals surface area contributed by atoms with Gasteiger partial charge in [0.2, 0.25) is 11.6 Å². The lowest BCUT2D eigenvalue weighted by molar-refractivity contribution is -0.138. The lowest BCUT2D eigenvalue weighted by Crippen LogP contribution is -2.15. The largest absolute Gasteiger partial charge is 0.481 e. The molecule has 0 aliphatic carbocycles. The van der Waals surface area contributed by atoms with E-state index in [0.29, 0.717) is 0 Å². The van der Waals surface area contributed by atoms with Gasteiger partial charge < -0.3 is 5.11 Å². The maximum atomic E-state index is 11.4. The summed E-state index contributed by atoms with van der Waals surface area (Å²) in [7, 11) is 0. The van der Waals surface area contributed by atoms with E-state index in [1.165, 1.54) is 24.5 Å². The van der Waals surface area contributed by atoms with Crippen LogP contribution in [-0.4, -0.2) is 27.6 Å². The number of carboxylic acid groups (broad SMARTS) is 1. The Labute approximate surface area is 85.8 Å². The highest BCUT2D eigenvalue weighted by atomic mass is 16.4. The number of carboxylic acids is 1. The number of aromatic nitrogens is 1. The lowest BCUT2D eigenvalue weighted by atomic mass is 10.1. The third-order valence-corrected chi connectivity index (χ3v) is 1.76. The maximum absolute atomic E-state index is 11.4. The minimum atomic E-state index is -1.09. The van der Waals surface area contributed by atoms with E-state index >= 15 is 0 Å². The van der Waals surface area contributed by atoms with Crippen LogP contribution in [0.2, 0.25) is 0 Å². The van der Waals surface area contributed by atoms with Crippen LogP contribution < -0.4 is 0 Å². The predicted octanol–water partition coefficient (Wildman–Crippen LogP) is 0.698. The van der Waals surface area contributed by atoms with Gasteiger partial charge in [0.15, 0.2) is 0 Å². The molecule has 0 spiro atoms. The van der Waals surface area contributed by atoms with Gasteiger partial charge in [-0.2, -0.15) is 0 Å². The Morgan fingerprint density at radius 3 is 2.27 bits per heavy atom. The summed E-state index contributed by atoms with van der Waals surface area (Å²) in [6, 6.07) is 2.84. The highest BCUT2D eigenvalue weighted by molar-refractivity contribution is 6.43. The molecule has 5 heteroatoms. The zero-order chi connectivity index (χ0) is 11.3. The molecule has 0 aromatic carbocycles. The van der Waals surface area contributed by atoms with Crippen LogP contribution in [0.4, 0.5) is 0 Å². The first kappa shape index (κ1) is 11.0. The minimum Gasteiger partial charge on any atom is -0.481 e. The van der Waals surface area contributed by atoms with E-state index in [9.17, 15) is 14.4 Å². The second kappa shape index (κ2) is 4.99. The van der Waals surface area contributed by atoms with Crippen molar-refractivity contribution in [2.24, 2.45) is 0 Å². The highest BCUT2D eigenvalue weighted by Gasteiger charge is 2.16. The zero-order valence-electron chi connectivity index (χ0n) is 7.84. The molecule has 0 amide bonds. The molecule has 0 saturated carbocycles. The highest BCUT2D eigenvalue weighted by Crippen LogP contribution is 2.02. The van der Waals surface area contributed by atoms with E-state index in [1.807, 2.05) is 0 Å². The van der Waals surface area contributed by atoms with Gasteiger partial charge in [-0.15, -0.1) is 0 Å². The van der Waals surface area contributed by atoms with Crippen LogP contribution in [0.5, 0.6) is 0 Å². The average molecular weight is 207 g/mol. The van der Waals surface area contributed by atoms with Crippen molar-refractivity contribution >= 4 is 17.5 Å². The molecule has 0 unspecified atom stereocenters. The summed E-state index contributed by atoms with van der Waals surface area (Å²) in [4.78, 5) is 36.5. The third kappa shape index (κ3) is 3.30. The fourth-order valence-electron chi connectivity index (χ4n) is 0.998. The molecule has 0 aliphatic heterocycles. The van der Waals surface area contributed by atoms with Crippen molar-refractivity contribution in [2.75, 3.05) is 0 Å². The van der Waals surface area contributed by atoms with Crippen molar-refractivity contribution in [1.82, 2.24) is 4.98 Å². The number of hydrogen-bond donors (Lipinski definition) is 1. The first-order valence-electron chi connectivity index (χ1n) is 4.30. The molecule has 1 aromatic rings. The number of carbonyl (C=O) groups excluding carboxylic acids is 2.